The number of hydrogen-bond donors (Lipinski definition) is 2. The predicted octanol–water partition coefficient (Wildman–Crippen LogP) is 3.86. The summed E-state index contributed by atoms with van der Waals surface area (Å²) < 4.78 is 5.84. The zero-order valence-corrected chi connectivity index (χ0v) is 17.6. The first kappa shape index (κ1) is 21.2. The van der Waals surface area contributed by atoms with E-state index in [1.807, 2.05) is 42.5 Å². The number of hydrogen-bond acceptors (Lipinski definition) is 5. The van der Waals surface area contributed by atoms with Gasteiger partial charge in [-0.2, -0.15) is 0 Å². The van der Waals surface area contributed by atoms with Crippen LogP contribution >= 0.6 is 0 Å². The van der Waals surface area contributed by atoms with Crippen LogP contribution in [0.4, 0.5) is 5.69 Å². The molecule has 3 aromatic rings. The third kappa shape index (κ3) is 5.00. The number of carbonyl (C=O) groups is 3. The van der Waals surface area contributed by atoms with E-state index in [1.54, 1.807) is 18.2 Å². The van der Waals surface area contributed by atoms with Crippen LogP contribution in [0, 0.1) is 0 Å². The number of amides is 2. The zero-order chi connectivity index (χ0) is 22.5. The van der Waals surface area contributed by atoms with Crippen LogP contribution in [0.15, 0.2) is 66.9 Å². The van der Waals surface area contributed by atoms with Crippen molar-refractivity contribution >= 4 is 23.3 Å². The van der Waals surface area contributed by atoms with E-state index in [2.05, 4.69) is 15.6 Å². The summed E-state index contributed by atoms with van der Waals surface area (Å²) in [6, 6.07) is 18.7. The van der Waals surface area contributed by atoms with E-state index in [0.717, 1.165) is 29.5 Å². The number of benzene rings is 2. The van der Waals surface area contributed by atoms with Crippen molar-refractivity contribution in [3.63, 3.8) is 0 Å². The molecule has 7 nitrogen and oxygen atoms in total. The molecule has 0 radical (unpaired) electrons. The molecule has 1 aromatic heterocycles. The highest BCUT2D eigenvalue weighted by molar-refractivity contribution is 6.03. The fourth-order valence-corrected chi connectivity index (χ4v) is 3.75. The molecule has 1 unspecified atom stereocenters. The smallest absolute Gasteiger partial charge is 0.243 e. The second kappa shape index (κ2) is 9.43. The van der Waals surface area contributed by atoms with Gasteiger partial charge in [0.25, 0.3) is 0 Å². The minimum atomic E-state index is -0.344. The van der Waals surface area contributed by atoms with Gasteiger partial charge in [0.2, 0.25) is 17.7 Å². The predicted molar refractivity (Wildman–Crippen MR) is 120 cm³/mol. The van der Waals surface area contributed by atoms with Gasteiger partial charge in [-0.1, -0.05) is 30.3 Å². The normalized spacial score (nSPS) is 14.9. The largest absolute Gasteiger partial charge is 0.439 e. The van der Waals surface area contributed by atoms with E-state index < -0.39 is 0 Å². The molecule has 4 rings (SSSR count). The van der Waals surface area contributed by atoms with Crippen LogP contribution in [0.5, 0.6) is 11.6 Å². The van der Waals surface area contributed by atoms with Crippen LogP contribution in [-0.4, -0.2) is 29.1 Å². The highest BCUT2D eigenvalue weighted by Crippen LogP contribution is 2.35. The number of anilines is 1. The van der Waals surface area contributed by atoms with Crippen molar-refractivity contribution in [3.05, 3.63) is 83.6 Å². The van der Waals surface area contributed by atoms with Gasteiger partial charge in [-0.3, -0.25) is 14.4 Å². The molecule has 0 saturated carbocycles. The molecule has 0 bridgehead atoms. The number of carbonyl (C=O) groups excluding carboxylic acids is 3. The third-order valence-electron chi connectivity index (χ3n) is 5.30. The number of ether oxygens (including phenoxy) is 1. The molecule has 32 heavy (non-hydrogen) atoms. The molecule has 1 aliphatic carbocycles. The topological polar surface area (TPSA) is 97.4 Å². The molecular formula is C25H23N3O4. The molecule has 0 aliphatic heterocycles. The molecule has 0 saturated heterocycles. The summed E-state index contributed by atoms with van der Waals surface area (Å²) >= 11 is 0. The number of aryl methyl sites for hydroxylation is 1. The fraction of sp³-hybridized carbons (Fsp3) is 0.200. The second-order valence-corrected chi connectivity index (χ2v) is 7.63. The molecule has 1 aliphatic rings. The number of nitrogens with zero attached hydrogens (tertiary/aromatic N) is 1. The van der Waals surface area contributed by atoms with Gasteiger partial charge in [-0.05, 0) is 48.2 Å². The van der Waals surface area contributed by atoms with Crippen LogP contribution < -0.4 is 15.4 Å². The SMILES string of the molecule is CC(=O)NCC(=O)Nc1ccc(Oc2ccc3c(c2)CCC(c2ccccc2)C3=O)nc1. The van der Waals surface area contributed by atoms with Crippen LogP contribution in [0.25, 0.3) is 0 Å². The molecule has 2 N–H and O–H groups in total. The summed E-state index contributed by atoms with van der Waals surface area (Å²) in [6.07, 6.45) is 3.04. The van der Waals surface area contributed by atoms with Crippen molar-refractivity contribution in [2.24, 2.45) is 0 Å². The van der Waals surface area contributed by atoms with E-state index in [4.69, 9.17) is 4.74 Å². The van der Waals surface area contributed by atoms with E-state index in [-0.39, 0.29) is 30.1 Å². The van der Waals surface area contributed by atoms with E-state index in [0.29, 0.717) is 17.3 Å². The van der Waals surface area contributed by atoms with Crippen molar-refractivity contribution in [2.75, 3.05) is 11.9 Å². The lowest BCUT2D eigenvalue weighted by Crippen LogP contribution is -2.31. The van der Waals surface area contributed by atoms with E-state index in [1.165, 1.54) is 13.1 Å². The Labute approximate surface area is 185 Å². The lowest BCUT2D eigenvalue weighted by molar-refractivity contribution is -0.122. The number of rotatable bonds is 6. The van der Waals surface area contributed by atoms with Gasteiger partial charge in [-0.25, -0.2) is 4.98 Å². The maximum Gasteiger partial charge on any atom is 0.243 e. The Morgan fingerprint density at radius 3 is 2.62 bits per heavy atom. The summed E-state index contributed by atoms with van der Waals surface area (Å²) in [4.78, 5) is 39.8. The van der Waals surface area contributed by atoms with E-state index >= 15 is 0 Å². The molecule has 2 aromatic carbocycles. The second-order valence-electron chi connectivity index (χ2n) is 7.63. The number of nitrogens with one attached hydrogen (secondary N) is 2. The average Bonchev–Trinajstić information content (AvgIpc) is 2.80. The number of pyridine rings is 1. The minimum absolute atomic E-state index is 0.105. The standard InChI is InChI=1S/C25H23N3O4/c1-16(29)26-15-23(30)28-19-8-12-24(27-14-19)32-20-9-11-22-18(13-20)7-10-21(25(22)31)17-5-3-2-4-6-17/h2-6,8-9,11-14,21H,7,10,15H2,1H3,(H,26,29)(H,28,30). The Hall–Kier alpha value is -4.00. The molecular weight excluding hydrogens is 406 g/mol. The summed E-state index contributed by atoms with van der Waals surface area (Å²) in [5.74, 6) is 0.388. The minimum Gasteiger partial charge on any atom is -0.439 e. The first-order valence-corrected chi connectivity index (χ1v) is 10.4. The highest BCUT2D eigenvalue weighted by atomic mass is 16.5. The molecule has 1 heterocycles. The van der Waals surface area contributed by atoms with Gasteiger partial charge in [0.1, 0.15) is 5.75 Å². The number of ketones is 1. The average molecular weight is 429 g/mol. The summed E-state index contributed by atoms with van der Waals surface area (Å²) in [7, 11) is 0. The fourth-order valence-electron chi connectivity index (χ4n) is 3.75. The van der Waals surface area contributed by atoms with Crippen molar-refractivity contribution < 1.29 is 19.1 Å². The molecule has 0 spiro atoms. The highest BCUT2D eigenvalue weighted by Gasteiger charge is 2.28. The summed E-state index contributed by atoms with van der Waals surface area (Å²) in [5.41, 5.74) is 3.26. The van der Waals surface area contributed by atoms with Gasteiger partial charge >= 0.3 is 0 Å². The molecule has 2 amide bonds. The lowest BCUT2D eigenvalue weighted by atomic mass is 9.79. The first-order chi connectivity index (χ1) is 15.5. The third-order valence-corrected chi connectivity index (χ3v) is 5.30. The van der Waals surface area contributed by atoms with Gasteiger partial charge in [-0.15, -0.1) is 0 Å². The van der Waals surface area contributed by atoms with Gasteiger partial charge < -0.3 is 15.4 Å². The monoisotopic (exact) mass is 429 g/mol. The molecule has 7 heteroatoms. The number of aromatic nitrogens is 1. The lowest BCUT2D eigenvalue weighted by Gasteiger charge is -2.24. The van der Waals surface area contributed by atoms with Crippen LogP contribution in [-0.2, 0) is 16.0 Å². The Morgan fingerprint density at radius 1 is 1.09 bits per heavy atom. The van der Waals surface area contributed by atoms with Crippen molar-refractivity contribution in [1.29, 1.82) is 0 Å². The van der Waals surface area contributed by atoms with Gasteiger partial charge in [0.05, 0.1) is 18.4 Å². The van der Waals surface area contributed by atoms with Gasteiger partial charge in [0.15, 0.2) is 5.78 Å². The van der Waals surface area contributed by atoms with Crippen LogP contribution in [0.3, 0.4) is 0 Å². The van der Waals surface area contributed by atoms with Crippen LogP contribution in [0.2, 0.25) is 0 Å². The molecule has 0 fully saturated rings. The quantitative estimate of drug-likeness (QED) is 0.620. The Morgan fingerprint density at radius 2 is 1.91 bits per heavy atom. The number of Topliss-reactive ketones (excluding diaryl/α,β-unsaturated/α-hetero) is 1. The summed E-state index contributed by atoms with van der Waals surface area (Å²) in [5, 5.41) is 5.07. The van der Waals surface area contributed by atoms with Crippen molar-refractivity contribution in [3.8, 4) is 11.6 Å². The van der Waals surface area contributed by atoms with E-state index in [9.17, 15) is 14.4 Å². The summed E-state index contributed by atoms with van der Waals surface area (Å²) in [6.45, 7) is 1.24. The zero-order valence-electron chi connectivity index (χ0n) is 17.6. The Kier molecular flexibility index (Phi) is 6.26. The van der Waals surface area contributed by atoms with Crippen molar-refractivity contribution in [1.82, 2.24) is 10.3 Å². The van der Waals surface area contributed by atoms with Crippen molar-refractivity contribution in [2.45, 2.75) is 25.7 Å². The number of fused-ring (bicyclic) bond motifs is 1. The maximum absolute atomic E-state index is 13.0. The molecule has 162 valence electrons. The molecule has 1 atom stereocenters. The van der Waals surface area contributed by atoms with Crippen LogP contribution in [0.1, 0.15) is 40.7 Å². The Bertz CT molecular complexity index is 1140. The van der Waals surface area contributed by atoms with Gasteiger partial charge in [0, 0.05) is 24.5 Å². The maximum atomic E-state index is 13.0. The Balaban J connectivity index is 1.40. The first-order valence-electron chi connectivity index (χ1n) is 10.4.